The van der Waals surface area contributed by atoms with Gasteiger partial charge in [-0.3, -0.25) is 4.90 Å². The number of halogens is 1. The van der Waals surface area contributed by atoms with Crippen LogP contribution in [0.2, 0.25) is 0 Å². The zero-order valence-electron chi connectivity index (χ0n) is 10.9. The third kappa shape index (κ3) is 1.98. The van der Waals surface area contributed by atoms with E-state index in [4.69, 9.17) is 4.74 Å². The van der Waals surface area contributed by atoms with Gasteiger partial charge in [0.05, 0.1) is 11.2 Å². The molecule has 2 saturated heterocycles. The molecule has 2 atom stereocenters. The third-order valence-electron chi connectivity index (χ3n) is 4.19. The fourth-order valence-corrected chi connectivity index (χ4v) is 3.05. The van der Waals surface area contributed by atoms with Crippen LogP contribution in [-0.2, 0) is 4.74 Å². The lowest BCUT2D eigenvalue weighted by Gasteiger charge is -2.36. The summed E-state index contributed by atoms with van der Waals surface area (Å²) in [6.45, 7) is 4.18. The molecule has 0 spiro atoms. The largest absolute Gasteiger partial charge is 0.447 e. The molecule has 1 N–H and O–H groups in total. The highest BCUT2D eigenvalue weighted by Gasteiger charge is 2.50. The van der Waals surface area contributed by atoms with Gasteiger partial charge in [0.2, 0.25) is 0 Å². The van der Waals surface area contributed by atoms with E-state index in [1.165, 1.54) is 12.1 Å². The fraction of sp³-hybridized carbons (Fsp3) is 0.500. The zero-order valence-corrected chi connectivity index (χ0v) is 10.9. The van der Waals surface area contributed by atoms with Gasteiger partial charge in [-0.25, -0.2) is 9.18 Å². The van der Waals surface area contributed by atoms with Crippen LogP contribution in [-0.4, -0.2) is 31.3 Å². The molecule has 5 heteroatoms. The number of carbonyl (C=O) groups excluding carboxylic acids is 1. The lowest BCUT2D eigenvalue weighted by atomic mass is 9.84. The van der Waals surface area contributed by atoms with Crippen LogP contribution in [0.15, 0.2) is 24.3 Å². The molecule has 4 nitrogen and oxygen atoms in total. The molecule has 1 aromatic carbocycles. The first kappa shape index (κ1) is 12.4. The second-order valence-electron chi connectivity index (χ2n) is 5.42. The van der Waals surface area contributed by atoms with Crippen LogP contribution >= 0.6 is 0 Å². The Morgan fingerprint density at radius 2 is 2.37 bits per heavy atom. The maximum atomic E-state index is 13.4. The normalized spacial score (nSPS) is 30.7. The molecule has 3 rings (SSSR count). The molecule has 2 unspecified atom stereocenters. The molecule has 0 bridgehead atoms. The van der Waals surface area contributed by atoms with Gasteiger partial charge in [-0.2, -0.15) is 0 Å². The Morgan fingerprint density at radius 1 is 1.53 bits per heavy atom. The van der Waals surface area contributed by atoms with E-state index in [1.54, 1.807) is 17.0 Å². The lowest BCUT2D eigenvalue weighted by Crippen LogP contribution is -2.51. The number of cyclic esters (lactones) is 1. The van der Waals surface area contributed by atoms with E-state index in [2.05, 4.69) is 5.32 Å². The lowest BCUT2D eigenvalue weighted by molar-refractivity contribution is 0.166. The molecular formula is C14H17FN2O2. The monoisotopic (exact) mass is 264 g/mol. The van der Waals surface area contributed by atoms with Gasteiger partial charge in [-0.15, -0.1) is 0 Å². The summed E-state index contributed by atoms with van der Waals surface area (Å²) in [7, 11) is 0. The average Bonchev–Trinajstić information content (AvgIpc) is 2.99. The Balaban J connectivity index is 1.98. The SMILES string of the molecule is CC1(C2CCNC2)COC(=O)N1c1cccc(F)c1. The van der Waals surface area contributed by atoms with E-state index < -0.39 is 5.54 Å². The number of nitrogens with zero attached hydrogens (tertiary/aromatic N) is 1. The highest BCUT2D eigenvalue weighted by molar-refractivity contribution is 5.91. The Labute approximate surface area is 111 Å². The van der Waals surface area contributed by atoms with E-state index in [9.17, 15) is 9.18 Å². The van der Waals surface area contributed by atoms with Crippen molar-refractivity contribution in [3.05, 3.63) is 30.1 Å². The number of carbonyl (C=O) groups is 1. The smallest absolute Gasteiger partial charge is 0.415 e. The second kappa shape index (κ2) is 4.49. The summed E-state index contributed by atoms with van der Waals surface area (Å²) in [6.07, 6.45) is 0.610. The second-order valence-corrected chi connectivity index (χ2v) is 5.42. The number of rotatable bonds is 2. The molecule has 2 aliphatic heterocycles. The van der Waals surface area contributed by atoms with Crippen LogP contribution in [0, 0.1) is 11.7 Å². The van der Waals surface area contributed by atoms with Gasteiger partial charge >= 0.3 is 6.09 Å². The van der Waals surface area contributed by atoms with Crippen LogP contribution in [0.1, 0.15) is 13.3 Å². The Bertz CT molecular complexity index is 502. The first-order valence-electron chi connectivity index (χ1n) is 6.54. The van der Waals surface area contributed by atoms with Crippen molar-refractivity contribution in [3.63, 3.8) is 0 Å². The van der Waals surface area contributed by atoms with Crippen LogP contribution in [0.25, 0.3) is 0 Å². The van der Waals surface area contributed by atoms with Gasteiger partial charge in [-0.1, -0.05) is 6.07 Å². The van der Waals surface area contributed by atoms with Gasteiger partial charge in [0.15, 0.2) is 0 Å². The van der Waals surface area contributed by atoms with Gasteiger partial charge in [-0.05, 0) is 44.0 Å². The van der Waals surface area contributed by atoms with Crippen molar-refractivity contribution in [2.45, 2.75) is 18.9 Å². The van der Waals surface area contributed by atoms with Crippen molar-refractivity contribution in [2.75, 3.05) is 24.6 Å². The summed E-state index contributed by atoms with van der Waals surface area (Å²) in [5, 5.41) is 3.31. The number of ether oxygens (including phenoxy) is 1. The number of nitrogens with one attached hydrogen (secondary N) is 1. The van der Waals surface area contributed by atoms with E-state index in [0.717, 1.165) is 19.5 Å². The van der Waals surface area contributed by atoms with Crippen molar-refractivity contribution < 1.29 is 13.9 Å². The number of amides is 1. The molecule has 0 saturated carbocycles. The molecule has 2 aliphatic rings. The Hall–Kier alpha value is -1.62. The van der Waals surface area contributed by atoms with E-state index >= 15 is 0 Å². The van der Waals surface area contributed by atoms with E-state index in [-0.39, 0.29) is 11.9 Å². The molecule has 1 aromatic rings. The van der Waals surface area contributed by atoms with Crippen molar-refractivity contribution in [1.29, 1.82) is 0 Å². The van der Waals surface area contributed by atoms with Crippen molar-refractivity contribution >= 4 is 11.8 Å². The Kier molecular flexibility index (Phi) is 2.93. The minimum absolute atomic E-state index is 0.321. The van der Waals surface area contributed by atoms with Crippen LogP contribution < -0.4 is 10.2 Å². The molecule has 1 amide bonds. The fourth-order valence-electron chi connectivity index (χ4n) is 3.05. The summed E-state index contributed by atoms with van der Waals surface area (Å²) < 4.78 is 18.6. The molecule has 102 valence electrons. The minimum Gasteiger partial charge on any atom is -0.447 e. The minimum atomic E-state index is -0.408. The number of benzene rings is 1. The Morgan fingerprint density at radius 3 is 3.05 bits per heavy atom. The highest BCUT2D eigenvalue weighted by atomic mass is 19.1. The first-order valence-corrected chi connectivity index (χ1v) is 6.54. The number of hydrogen-bond acceptors (Lipinski definition) is 3. The van der Waals surface area contributed by atoms with Gasteiger partial charge < -0.3 is 10.1 Å². The average molecular weight is 264 g/mol. The maximum Gasteiger partial charge on any atom is 0.415 e. The van der Waals surface area contributed by atoms with Gasteiger partial charge in [0, 0.05) is 6.54 Å². The van der Waals surface area contributed by atoms with E-state index in [1.807, 2.05) is 6.92 Å². The first-order chi connectivity index (χ1) is 9.11. The number of hydrogen-bond donors (Lipinski definition) is 1. The molecule has 0 aliphatic carbocycles. The predicted molar refractivity (Wildman–Crippen MR) is 69.6 cm³/mol. The third-order valence-corrected chi connectivity index (χ3v) is 4.19. The predicted octanol–water partition coefficient (Wildman–Crippen LogP) is 2.15. The molecule has 19 heavy (non-hydrogen) atoms. The van der Waals surface area contributed by atoms with Crippen LogP contribution in [0.4, 0.5) is 14.9 Å². The molecule has 0 aromatic heterocycles. The standard InChI is InChI=1S/C14H17FN2O2/c1-14(10-5-6-16-8-10)9-19-13(18)17(14)12-4-2-3-11(15)7-12/h2-4,7,10,16H,5-6,8-9H2,1H3. The van der Waals surface area contributed by atoms with Gasteiger partial charge in [0.25, 0.3) is 0 Å². The summed E-state index contributed by atoms with van der Waals surface area (Å²) >= 11 is 0. The van der Waals surface area contributed by atoms with Crippen molar-refractivity contribution in [2.24, 2.45) is 5.92 Å². The maximum absolute atomic E-state index is 13.4. The van der Waals surface area contributed by atoms with Crippen LogP contribution in [0.5, 0.6) is 0 Å². The topological polar surface area (TPSA) is 41.6 Å². The summed E-state index contributed by atoms with van der Waals surface area (Å²) in [5.41, 5.74) is 0.158. The summed E-state index contributed by atoms with van der Waals surface area (Å²) in [4.78, 5) is 13.6. The summed E-state index contributed by atoms with van der Waals surface area (Å²) in [5.74, 6) is -0.0219. The summed E-state index contributed by atoms with van der Waals surface area (Å²) in [6, 6.07) is 6.12. The quantitative estimate of drug-likeness (QED) is 0.890. The van der Waals surface area contributed by atoms with Gasteiger partial charge in [0.1, 0.15) is 12.4 Å². The molecule has 2 heterocycles. The van der Waals surface area contributed by atoms with Crippen LogP contribution in [0.3, 0.4) is 0 Å². The highest BCUT2D eigenvalue weighted by Crippen LogP contribution is 2.38. The molecule has 2 fully saturated rings. The molecular weight excluding hydrogens is 247 g/mol. The van der Waals surface area contributed by atoms with Crippen molar-refractivity contribution in [3.8, 4) is 0 Å². The van der Waals surface area contributed by atoms with Crippen molar-refractivity contribution in [1.82, 2.24) is 5.32 Å². The zero-order chi connectivity index (χ0) is 13.5. The van der Waals surface area contributed by atoms with E-state index in [0.29, 0.717) is 18.2 Å². The number of anilines is 1. The molecule has 0 radical (unpaired) electrons.